The number of rotatable bonds is 6. The van der Waals surface area contributed by atoms with E-state index in [0.29, 0.717) is 17.0 Å². The molecule has 0 spiro atoms. The molecule has 0 radical (unpaired) electrons. The van der Waals surface area contributed by atoms with Gasteiger partial charge in [0, 0.05) is 17.1 Å². The van der Waals surface area contributed by atoms with Gasteiger partial charge >= 0.3 is 5.97 Å². The number of nitrogens with zero attached hydrogens (tertiary/aromatic N) is 2. The van der Waals surface area contributed by atoms with E-state index in [2.05, 4.69) is 9.97 Å². The number of methoxy groups -OCH3 is 1. The first-order valence-electron chi connectivity index (χ1n) is 7.49. The van der Waals surface area contributed by atoms with Crippen LogP contribution >= 0.6 is 11.3 Å². The molecule has 128 valence electrons. The van der Waals surface area contributed by atoms with E-state index in [1.54, 1.807) is 11.6 Å². The molecule has 2 aromatic heterocycles. The molecule has 0 aliphatic carbocycles. The van der Waals surface area contributed by atoms with Crippen molar-refractivity contribution in [3.63, 3.8) is 0 Å². The molecule has 3 aromatic rings. The second kappa shape index (κ2) is 7.85. The van der Waals surface area contributed by atoms with Crippen LogP contribution in [0, 0.1) is 5.82 Å². The second-order valence-electron chi connectivity index (χ2n) is 5.15. The smallest absolute Gasteiger partial charge is 0.312 e. The Morgan fingerprint density at radius 2 is 2.16 bits per heavy atom. The fourth-order valence-corrected chi connectivity index (χ4v) is 3.01. The lowest BCUT2D eigenvalue weighted by Crippen LogP contribution is -2.09. The summed E-state index contributed by atoms with van der Waals surface area (Å²) >= 11 is 1.42. The van der Waals surface area contributed by atoms with Crippen molar-refractivity contribution in [3.05, 3.63) is 65.0 Å². The number of carbonyl (C=O) groups excluding carboxylic acids is 1. The van der Waals surface area contributed by atoms with E-state index < -0.39 is 11.8 Å². The Labute approximate surface area is 148 Å². The molecule has 3 rings (SSSR count). The van der Waals surface area contributed by atoms with Crippen LogP contribution in [0.3, 0.4) is 0 Å². The molecule has 2 heterocycles. The Balaban J connectivity index is 1.60. The summed E-state index contributed by atoms with van der Waals surface area (Å²) < 4.78 is 23.6. The average molecular weight is 358 g/mol. The normalized spacial score (nSPS) is 10.5. The third-order valence-corrected chi connectivity index (χ3v) is 4.31. The lowest BCUT2D eigenvalue weighted by molar-refractivity contribution is -0.144. The zero-order valence-electron chi connectivity index (χ0n) is 13.4. The highest BCUT2D eigenvalue weighted by molar-refractivity contribution is 7.13. The molecule has 7 heteroatoms. The zero-order valence-corrected chi connectivity index (χ0v) is 14.3. The molecule has 0 bridgehead atoms. The van der Waals surface area contributed by atoms with Crippen LogP contribution in [-0.2, 0) is 22.6 Å². The molecule has 0 saturated carbocycles. The van der Waals surface area contributed by atoms with Crippen molar-refractivity contribution in [3.8, 4) is 16.5 Å². The number of esters is 1. The van der Waals surface area contributed by atoms with E-state index >= 15 is 0 Å². The number of hydrogen-bond acceptors (Lipinski definition) is 6. The number of pyridine rings is 1. The van der Waals surface area contributed by atoms with Crippen LogP contribution in [0.1, 0.15) is 11.3 Å². The van der Waals surface area contributed by atoms with Crippen LogP contribution in [0.15, 0.2) is 48.0 Å². The van der Waals surface area contributed by atoms with Crippen molar-refractivity contribution in [1.29, 1.82) is 0 Å². The largest absolute Gasteiger partial charge is 0.496 e. The minimum absolute atomic E-state index is 0.0426. The number of carbonyl (C=O) groups is 1. The van der Waals surface area contributed by atoms with Gasteiger partial charge in [0.05, 0.1) is 24.9 Å². The molecule has 0 saturated heterocycles. The summed E-state index contributed by atoms with van der Waals surface area (Å²) in [6.45, 7) is -0.0585. The van der Waals surface area contributed by atoms with E-state index in [-0.39, 0.29) is 13.0 Å². The van der Waals surface area contributed by atoms with Gasteiger partial charge in [0.2, 0.25) is 0 Å². The first kappa shape index (κ1) is 17.0. The van der Waals surface area contributed by atoms with Crippen LogP contribution in [0.25, 0.3) is 10.7 Å². The summed E-state index contributed by atoms with van der Waals surface area (Å²) in [6.07, 6.45) is 1.73. The highest BCUT2D eigenvalue weighted by Crippen LogP contribution is 2.23. The first-order valence-corrected chi connectivity index (χ1v) is 8.37. The van der Waals surface area contributed by atoms with Crippen molar-refractivity contribution in [1.82, 2.24) is 9.97 Å². The Morgan fingerprint density at radius 3 is 2.92 bits per heavy atom. The monoisotopic (exact) mass is 358 g/mol. The molecule has 0 aliphatic rings. The van der Waals surface area contributed by atoms with E-state index in [0.717, 1.165) is 10.7 Å². The van der Waals surface area contributed by atoms with Gasteiger partial charge in [-0.25, -0.2) is 9.37 Å². The number of thiazole rings is 1. The van der Waals surface area contributed by atoms with E-state index in [1.165, 1.54) is 36.6 Å². The van der Waals surface area contributed by atoms with E-state index in [1.807, 2.05) is 18.2 Å². The summed E-state index contributed by atoms with van der Waals surface area (Å²) in [7, 11) is 1.48. The Kier molecular flexibility index (Phi) is 5.35. The van der Waals surface area contributed by atoms with Crippen molar-refractivity contribution in [2.24, 2.45) is 0 Å². The van der Waals surface area contributed by atoms with E-state index in [9.17, 15) is 9.18 Å². The van der Waals surface area contributed by atoms with Gasteiger partial charge in [-0.05, 0) is 30.3 Å². The average Bonchev–Trinajstić information content (AvgIpc) is 3.09. The molecule has 0 aliphatic heterocycles. The standard InChI is InChI=1S/C18H15FN2O3S/c1-23-16-6-5-13(19)8-12(16)10-24-17(22)9-14-11-25-18(21-14)15-4-2-3-7-20-15/h2-8,11H,9-10H2,1H3. The number of benzene rings is 1. The molecule has 0 unspecified atom stereocenters. The maximum Gasteiger partial charge on any atom is 0.312 e. The SMILES string of the molecule is COc1ccc(F)cc1COC(=O)Cc1csc(-c2ccccn2)n1. The van der Waals surface area contributed by atoms with Gasteiger partial charge < -0.3 is 9.47 Å². The summed E-state index contributed by atoms with van der Waals surface area (Å²) in [5.74, 6) is -0.379. The third kappa shape index (κ3) is 4.39. The number of ether oxygens (including phenoxy) is 2. The lowest BCUT2D eigenvalue weighted by atomic mass is 10.2. The van der Waals surface area contributed by atoms with Crippen LogP contribution in [0.5, 0.6) is 5.75 Å². The predicted molar refractivity (Wildman–Crippen MR) is 91.8 cm³/mol. The molecular formula is C18H15FN2O3S. The van der Waals surface area contributed by atoms with Crippen molar-refractivity contribution >= 4 is 17.3 Å². The van der Waals surface area contributed by atoms with Crippen LogP contribution in [0.4, 0.5) is 4.39 Å². The minimum atomic E-state index is -0.441. The molecule has 25 heavy (non-hydrogen) atoms. The molecule has 0 fully saturated rings. The molecule has 5 nitrogen and oxygen atoms in total. The van der Waals surface area contributed by atoms with Crippen molar-refractivity contribution in [2.75, 3.05) is 7.11 Å². The lowest BCUT2D eigenvalue weighted by Gasteiger charge is -2.09. The van der Waals surface area contributed by atoms with Gasteiger partial charge in [0.15, 0.2) is 0 Å². The number of halogens is 1. The van der Waals surface area contributed by atoms with Gasteiger partial charge in [-0.2, -0.15) is 0 Å². The van der Waals surface area contributed by atoms with Crippen LogP contribution in [-0.4, -0.2) is 23.0 Å². The second-order valence-corrected chi connectivity index (χ2v) is 6.01. The van der Waals surface area contributed by atoms with Crippen molar-refractivity contribution in [2.45, 2.75) is 13.0 Å². The molecular weight excluding hydrogens is 343 g/mol. The van der Waals surface area contributed by atoms with Gasteiger partial charge in [-0.3, -0.25) is 9.78 Å². The topological polar surface area (TPSA) is 61.3 Å². The number of hydrogen-bond donors (Lipinski definition) is 0. The fourth-order valence-electron chi connectivity index (χ4n) is 2.21. The Hall–Kier alpha value is -2.80. The van der Waals surface area contributed by atoms with Gasteiger partial charge in [0.25, 0.3) is 0 Å². The third-order valence-electron chi connectivity index (χ3n) is 3.39. The quantitative estimate of drug-likeness (QED) is 0.630. The zero-order chi connectivity index (χ0) is 17.6. The summed E-state index contributed by atoms with van der Waals surface area (Å²) in [4.78, 5) is 20.6. The maximum atomic E-state index is 13.3. The molecule has 0 amide bonds. The van der Waals surface area contributed by atoms with E-state index in [4.69, 9.17) is 9.47 Å². The maximum absolute atomic E-state index is 13.3. The Bertz CT molecular complexity index is 868. The number of aromatic nitrogens is 2. The van der Waals surface area contributed by atoms with Gasteiger partial charge in [-0.1, -0.05) is 6.07 Å². The molecule has 0 atom stereocenters. The van der Waals surface area contributed by atoms with Crippen LogP contribution < -0.4 is 4.74 Å². The molecule has 0 N–H and O–H groups in total. The first-order chi connectivity index (χ1) is 12.2. The predicted octanol–water partition coefficient (Wildman–Crippen LogP) is 3.64. The fraction of sp³-hybridized carbons (Fsp3) is 0.167. The van der Waals surface area contributed by atoms with Crippen LogP contribution in [0.2, 0.25) is 0 Å². The Morgan fingerprint density at radius 1 is 1.28 bits per heavy atom. The van der Waals surface area contributed by atoms with Crippen molar-refractivity contribution < 1.29 is 18.7 Å². The minimum Gasteiger partial charge on any atom is -0.496 e. The summed E-state index contributed by atoms with van der Waals surface area (Å²) in [5, 5.41) is 2.55. The van der Waals surface area contributed by atoms with Gasteiger partial charge in [0.1, 0.15) is 23.2 Å². The highest BCUT2D eigenvalue weighted by atomic mass is 32.1. The summed E-state index contributed by atoms with van der Waals surface area (Å²) in [6, 6.07) is 9.64. The van der Waals surface area contributed by atoms with Gasteiger partial charge in [-0.15, -0.1) is 11.3 Å². The summed E-state index contributed by atoms with van der Waals surface area (Å²) in [5.41, 5.74) is 1.85. The molecule has 1 aromatic carbocycles. The highest BCUT2D eigenvalue weighted by Gasteiger charge is 2.12.